The van der Waals surface area contributed by atoms with Crippen LogP contribution in [0.1, 0.15) is 37.2 Å². The van der Waals surface area contributed by atoms with Crippen LogP contribution >= 0.6 is 12.4 Å². The Morgan fingerprint density at radius 2 is 2.00 bits per heavy atom. The largest absolute Gasteiger partial charge is 0.349 e. The van der Waals surface area contributed by atoms with E-state index in [1.54, 1.807) is 0 Å². The second-order valence-corrected chi connectivity index (χ2v) is 4.87. The fraction of sp³-hybridized carbons (Fsp3) is 0.429. The van der Waals surface area contributed by atoms with Gasteiger partial charge in [-0.15, -0.1) is 12.4 Å². The number of H-pyrrole nitrogens is 1. The average molecular weight is 297 g/mol. The summed E-state index contributed by atoms with van der Waals surface area (Å²) in [4.78, 5) is 12.1. The topological polar surface area (TPSA) is 83.8 Å². The Balaban J connectivity index is 0.00000200. The number of carbonyl (C=O) groups excluding carboxylic acids is 1. The first-order valence-electron chi connectivity index (χ1n) is 6.60. The Morgan fingerprint density at radius 3 is 2.65 bits per heavy atom. The molecular weight excluding hydrogens is 276 g/mol. The molecule has 1 heterocycles. The monoisotopic (exact) mass is 296 g/mol. The van der Waals surface area contributed by atoms with Crippen molar-refractivity contribution < 1.29 is 4.79 Å². The molecule has 2 rings (SSSR count). The number of rotatable bonds is 5. The van der Waals surface area contributed by atoms with E-state index in [4.69, 9.17) is 5.73 Å². The molecule has 0 spiro atoms. The van der Waals surface area contributed by atoms with E-state index in [2.05, 4.69) is 15.5 Å². The highest BCUT2D eigenvalue weighted by Gasteiger charge is 2.22. The van der Waals surface area contributed by atoms with Gasteiger partial charge in [0.1, 0.15) is 0 Å². The number of fused-ring (bicyclic) bond motifs is 1. The maximum Gasteiger partial charge on any atom is 0.272 e. The molecule has 0 atom stereocenters. The SMILES string of the molecule is CCC(N)(CC)CNC(=O)c1n[nH]c2ccccc12.Cl. The lowest BCUT2D eigenvalue weighted by Crippen LogP contribution is -2.49. The molecule has 0 fully saturated rings. The van der Waals surface area contributed by atoms with E-state index in [9.17, 15) is 4.79 Å². The number of nitrogens with zero attached hydrogens (tertiary/aromatic N) is 1. The predicted molar refractivity (Wildman–Crippen MR) is 83.2 cm³/mol. The molecule has 6 heteroatoms. The van der Waals surface area contributed by atoms with Gasteiger partial charge in [-0.2, -0.15) is 5.10 Å². The van der Waals surface area contributed by atoms with Crippen molar-refractivity contribution >= 4 is 29.2 Å². The first-order chi connectivity index (χ1) is 9.09. The summed E-state index contributed by atoms with van der Waals surface area (Å²) in [6.45, 7) is 4.51. The molecule has 0 saturated carbocycles. The van der Waals surface area contributed by atoms with Crippen LogP contribution in [0.5, 0.6) is 0 Å². The zero-order chi connectivity index (χ0) is 13.9. The zero-order valence-corrected chi connectivity index (χ0v) is 12.6. The third-order valence-corrected chi connectivity index (χ3v) is 3.69. The number of halogens is 1. The molecule has 2 aromatic rings. The van der Waals surface area contributed by atoms with E-state index in [1.807, 2.05) is 38.1 Å². The molecule has 1 aromatic carbocycles. The lowest BCUT2D eigenvalue weighted by molar-refractivity contribution is 0.0938. The van der Waals surface area contributed by atoms with Crippen molar-refractivity contribution in [1.82, 2.24) is 15.5 Å². The number of para-hydroxylation sites is 1. The number of aromatic nitrogens is 2. The fourth-order valence-corrected chi connectivity index (χ4v) is 1.98. The van der Waals surface area contributed by atoms with Crippen molar-refractivity contribution in [3.63, 3.8) is 0 Å². The Bertz CT molecular complexity index is 577. The van der Waals surface area contributed by atoms with Gasteiger partial charge in [0.25, 0.3) is 5.91 Å². The molecule has 20 heavy (non-hydrogen) atoms. The number of nitrogens with two attached hydrogens (primary N) is 1. The summed E-state index contributed by atoms with van der Waals surface area (Å²) in [5, 5.41) is 10.6. The van der Waals surface area contributed by atoms with Crippen LogP contribution in [0.3, 0.4) is 0 Å². The highest BCUT2D eigenvalue weighted by atomic mass is 35.5. The number of nitrogens with one attached hydrogen (secondary N) is 2. The summed E-state index contributed by atoms with van der Waals surface area (Å²) in [6.07, 6.45) is 1.65. The minimum atomic E-state index is -0.345. The van der Waals surface area contributed by atoms with Crippen molar-refractivity contribution in [2.24, 2.45) is 5.73 Å². The molecule has 1 aromatic heterocycles. The van der Waals surface area contributed by atoms with Crippen LogP contribution in [-0.4, -0.2) is 28.2 Å². The summed E-state index contributed by atoms with van der Waals surface area (Å²) >= 11 is 0. The Labute approximate surface area is 124 Å². The molecule has 0 saturated heterocycles. The maximum atomic E-state index is 12.1. The molecule has 0 radical (unpaired) electrons. The van der Waals surface area contributed by atoms with Gasteiger partial charge in [0, 0.05) is 17.5 Å². The third-order valence-electron chi connectivity index (χ3n) is 3.69. The van der Waals surface area contributed by atoms with Crippen LogP contribution in [-0.2, 0) is 0 Å². The van der Waals surface area contributed by atoms with Gasteiger partial charge in [-0.05, 0) is 18.9 Å². The molecule has 1 amide bonds. The van der Waals surface area contributed by atoms with E-state index in [1.165, 1.54) is 0 Å². The standard InChI is InChI=1S/C14H20N4O.ClH/c1-3-14(15,4-2)9-16-13(19)12-10-7-5-6-8-11(10)17-18-12;/h5-8H,3-4,9,15H2,1-2H3,(H,16,19)(H,17,18);1H. The summed E-state index contributed by atoms with van der Waals surface area (Å²) in [6, 6.07) is 7.56. The van der Waals surface area contributed by atoms with Crippen molar-refractivity contribution in [3.8, 4) is 0 Å². The fourth-order valence-electron chi connectivity index (χ4n) is 1.98. The molecule has 0 aliphatic rings. The first-order valence-corrected chi connectivity index (χ1v) is 6.60. The van der Waals surface area contributed by atoms with Crippen LogP contribution in [0.4, 0.5) is 0 Å². The van der Waals surface area contributed by atoms with Gasteiger partial charge in [-0.25, -0.2) is 0 Å². The van der Waals surface area contributed by atoms with Crippen molar-refractivity contribution in [2.75, 3.05) is 6.54 Å². The van der Waals surface area contributed by atoms with Gasteiger partial charge in [0.2, 0.25) is 0 Å². The van der Waals surface area contributed by atoms with Gasteiger partial charge in [-0.3, -0.25) is 9.89 Å². The molecule has 0 aliphatic heterocycles. The summed E-state index contributed by atoms with van der Waals surface area (Å²) in [5.41, 5.74) is 7.10. The van der Waals surface area contributed by atoms with Crippen LogP contribution in [0, 0.1) is 0 Å². The first kappa shape index (κ1) is 16.5. The minimum Gasteiger partial charge on any atom is -0.349 e. The van der Waals surface area contributed by atoms with E-state index in [0.717, 1.165) is 23.7 Å². The van der Waals surface area contributed by atoms with Crippen molar-refractivity contribution in [1.29, 1.82) is 0 Å². The van der Waals surface area contributed by atoms with E-state index >= 15 is 0 Å². The minimum absolute atomic E-state index is 0. The lowest BCUT2D eigenvalue weighted by Gasteiger charge is -2.26. The van der Waals surface area contributed by atoms with Gasteiger partial charge in [0.05, 0.1) is 5.52 Å². The molecular formula is C14H21ClN4O. The molecule has 110 valence electrons. The van der Waals surface area contributed by atoms with Crippen molar-refractivity contribution in [3.05, 3.63) is 30.0 Å². The molecule has 0 bridgehead atoms. The van der Waals surface area contributed by atoms with Crippen LogP contribution in [0.2, 0.25) is 0 Å². The number of amides is 1. The predicted octanol–water partition coefficient (Wildman–Crippen LogP) is 2.23. The molecule has 0 aliphatic carbocycles. The molecule has 5 nitrogen and oxygen atoms in total. The van der Waals surface area contributed by atoms with Crippen LogP contribution in [0.15, 0.2) is 24.3 Å². The number of hydrogen-bond acceptors (Lipinski definition) is 3. The Morgan fingerprint density at radius 1 is 1.35 bits per heavy atom. The number of benzene rings is 1. The highest BCUT2D eigenvalue weighted by Crippen LogP contribution is 2.15. The van der Waals surface area contributed by atoms with Gasteiger partial charge < -0.3 is 11.1 Å². The average Bonchev–Trinajstić information content (AvgIpc) is 2.88. The van der Waals surface area contributed by atoms with Gasteiger partial charge in [-0.1, -0.05) is 32.0 Å². The smallest absolute Gasteiger partial charge is 0.272 e. The maximum absolute atomic E-state index is 12.1. The summed E-state index contributed by atoms with van der Waals surface area (Å²) < 4.78 is 0. The number of carbonyl (C=O) groups is 1. The second-order valence-electron chi connectivity index (χ2n) is 4.87. The molecule has 0 unspecified atom stereocenters. The zero-order valence-electron chi connectivity index (χ0n) is 11.8. The van der Waals surface area contributed by atoms with E-state index in [0.29, 0.717) is 12.2 Å². The van der Waals surface area contributed by atoms with E-state index in [-0.39, 0.29) is 23.9 Å². The van der Waals surface area contributed by atoms with Crippen molar-refractivity contribution in [2.45, 2.75) is 32.2 Å². The van der Waals surface area contributed by atoms with Crippen LogP contribution in [0.25, 0.3) is 10.9 Å². The number of hydrogen-bond donors (Lipinski definition) is 3. The summed E-state index contributed by atoms with van der Waals surface area (Å²) in [5.74, 6) is -0.186. The normalized spacial score (nSPS) is 11.2. The number of aromatic amines is 1. The quantitative estimate of drug-likeness (QED) is 0.791. The summed E-state index contributed by atoms with van der Waals surface area (Å²) in [7, 11) is 0. The molecule has 4 N–H and O–H groups in total. The Kier molecular flexibility index (Phi) is 5.53. The highest BCUT2D eigenvalue weighted by molar-refractivity contribution is 6.04. The lowest BCUT2D eigenvalue weighted by atomic mass is 9.94. The third kappa shape index (κ3) is 3.29. The van der Waals surface area contributed by atoms with E-state index < -0.39 is 0 Å². The van der Waals surface area contributed by atoms with Gasteiger partial charge in [0.15, 0.2) is 5.69 Å². The van der Waals surface area contributed by atoms with Gasteiger partial charge >= 0.3 is 0 Å². The Hall–Kier alpha value is -1.59. The van der Waals surface area contributed by atoms with Crippen LogP contribution < -0.4 is 11.1 Å². The second kappa shape index (κ2) is 6.72.